The number of carbonyl (C=O) groups excluding carboxylic acids is 1. The average Bonchev–Trinajstić information content (AvgIpc) is 2.46. The SMILES string of the molecule is C[C@H]1CN(C)CCN1C(=O)c1cnc2[nH]c(=O)[nH]c(=O)c2c1. The van der Waals surface area contributed by atoms with Crippen molar-refractivity contribution in [3.63, 3.8) is 0 Å². The lowest BCUT2D eigenvalue weighted by molar-refractivity contribution is 0.0533. The van der Waals surface area contributed by atoms with Gasteiger partial charge in [-0.15, -0.1) is 0 Å². The number of carbonyl (C=O) groups is 1. The second-order valence-corrected chi connectivity index (χ2v) is 5.64. The second-order valence-electron chi connectivity index (χ2n) is 5.64. The molecule has 0 spiro atoms. The zero-order valence-electron chi connectivity index (χ0n) is 12.4. The van der Waals surface area contributed by atoms with E-state index in [1.54, 1.807) is 4.90 Å². The first-order valence-electron chi connectivity index (χ1n) is 7.07. The van der Waals surface area contributed by atoms with Crippen molar-refractivity contribution in [1.82, 2.24) is 24.8 Å². The highest BCUT2D eigenvalue weighted by molar-refractivity contribution is 5.96. The van der Waals surface area contributed by atoms with Crippen molar-refractivity contribution in [2.45, 2.75) is 13.0 Å². The van der Waals surface area contributed by atoms with Crippen molar-refractivity contribution in [2.75, 3.05) is 26.7 Å². The van der Waals surface area contributed by atoms with E-state index in [1.165, 1.54) is 12.3 Å². The monoisotopic (exact) mass is 303 g/mol. The Hall–Kier alpha value is -2.48. The molecule has 1 amide bonds. The van der Waals surface area contributed by atoms with E-state index in [2.05, 4.69) is 19.9 Å². The van der Waals surface area contributed by atoms with E-state index in [-0.39, 0.29) is 23.0 Å². The topological polar surface area (TPSA) is 102 Å². The molecule has 2 aromatic rings. The number of likely N-dealkylation sites (N-methyl/N-ethyl adjacent to an activating group) is 1. The molecule has 1 atom stereocenters. The molecule has 0 saturated carbocycles. The van der Waals surface area contributed by atoms with Crippen LogP contribution in [0.15, 0.2) is 21.9 Å². The molecular weight excluding hydrogens is 286 g/mol. The van der Waals surface area contributed by atoms with Crippen LogP contribution in [0, 0.1) is 0 Å². The van der Waals surface area contributed by atoms with Gasteiger partial charge in [-0.05, 0) is 20.0 Å². The van der Waals surface area contributed by atoms with E-state index in [9.17, 15) is 14.4 Å². The number of amides is 1. The van der Waals surface area contributed by atoms with Gasteiger partial charge in [-0.25, -0.2) is 9.78 Å². The van der Waals surface area contributed by atoms with Gasteiger partial charge < -0.3 is 9.80 Å². The number of rotatable bonds is 1. The molecule has 2 aromatic heterocycles. The molecule has 1 fully saturated rings. The second kappa shape index (κ2) is 5.38. The zero-order valence-corrected chi connectivity index (χ0v) is 12.4. The van der Waals surface area contributed by atoms with E-state index in [0.29, 0.717) is 12.1 Å². The Kier molecular flexibility index (Phi) is 3.53. The van der Waals surface area contributed by atoms with E-state index >= 15 is 0 Å². The Bertz CT molecular complexity index is 840. The van der Waals surface area contributed by atoms with Gasteiger partial charge in [-0.2, -0.15) is 0 Å². The molecule has 2 N–H and O–H groups in total. The molecule has 3 heterocycles. The summed E-state index contributed by atoms with van der Waals surface area (Å²) in [6.45, 7) is 4.24. The predicted molar refractivity (Wildman–Crippen MR) is 81.0 cm³/mol. The standard InChI is InChI=1S/C14H17N5O3/c1-8-7-18(2)3-4-19(8)13(21)9-5-10-11(15-6-9)16-14(22)17-12(10)20/h5-6,8H,3-4,7H2,1-2H3,(H2,15,16,17,20,22)/t8-/m0/s1. The Morgan fingerprint density at radius 1 is 1.32 bits per heavy atom. The fraction of sp³-hybridized carbons (Fsp3) is 0.429. The van der Waals surface area contributed by atoms with Crippen molar-refractivity contribution < 1.29 is 4.79 Å². The Morgan fingerprint density at radius 3 is 2.82 bits per heavy atom. The highest BCUT2D eigenvalue weighted by Crippen LogP contribution is 2.14. The summed E-state index contributed by atoms with van der Waals surface area (Å²) in [5.41, 5.74) is -0.637. The molecule has 116 valence electrons. The van der Waals surface area contributed by atoms with Crippen LogP contribution in [0.1, 0.15) is 17.3 Å². The van der Waals surface area contributed by atoms with Crippen molar-refractivity contribution in [2.24, 2.45) is 0 Å². The molecule has 3 rings (SSSR count). The number of aromatic nitrogens is 3. The number of fused-ring (bicyclic) bond motifs is 1. The maximum absolute atomic E-state index is 12.6. The molecule has 1 aliphatic rings. The molecule has 0 aromatic carbocycles. The lowest BCUT2D eigenvalue weighted by Crippen LogP contribution is -2.52. The van der Waals surface area contributed by atoms with E-state index < -0.39 is 11.2 Å². The summed E-state index contributed by atoms with van der Waals surface area (Å²) in [6, 6.07) is 1.57. The summed E-state index contributed by atoms with van der Waals surface area (Å²) in [6.07, 6.45) is 1.39. The molecule has 0 aliphatic carbocycles. The molecule has 0 radical (unpaired) electrons. The van der Waals surface area contributed by atoms with E-state index in [1.807, 2.05) is 14.0 Å². The first-order chi connectivity index (χ1) is 10.5. The third-order valence-electron chi connectivity index (χ3n) is 3.93. The van der Waals surface area contributed by atoms with Crippen LogP contribution in [0.3, 0.4) is 0 Å². The summed E-state index contributed by atoms with van der Waals surface area (Å²) in [5, 5.41) is 0.201. The first-order valence-corrected chi connectivity index (χ1v) is 7.07. The number of aromatic amines is 2. The Labute approximate surface area is 125 Å². The molecule has 1 saturated heterocycles. The lowest BCUT2D eigenvalue weighted by atomic mass is 10.1. The van der Waals surface area contributed by atoms with Gasteiger partial charge in [0.25, 0.3) is 11.5 Å². The highest BCUT2D eigenvalue weighted by atomic mass is 16.2. The van der Waals surface area contributed by atoms with E-state index in [4.69, 9.17) is 0 Å². The van der Waals surface area contributed by atoms with Crippen LogP contribution in [0.4, 0.5) is 0 Å². The minimum atomic E-state index is -0.614. The minimum Gasteiger partial charge on any atom is -0.333 e. The summed E-state index contributed by atoms with van der Waals surface area (Å²) < 4.78 is 0. The van der Waals surface area contributed by atoms with Gasteiger partial charge in [-0.3, -0.25) is 19.6 Å². The van der Waals surface area contributed by atoms with Crippen LogP contribution < -0.4 is 11.2 Å². The maximum Gasteiger partial charge on any atom is 0.327 e. The first kappa shape index (κ1) is 14.5. The number of nitrogens with one attached hydrogen (secondary N) is 2. The van der Waals surface area contributed by atoms with Crippen LogP contribution in [0.2, 0.25) is 0 Å². The number of pyridine rings is 1. The zero-order chi connectivity index (χ0) is 15.9. The number of hydrogen-bond acceptors (Lipinski definition) is 5. The number of H-pyrrole nitrogens is 2. The molecule has 1 aliphatic heterocycles. The van der Waals surface area contributed by atoms with Crippen molar-refractivity contribution in [1.29, 1.82) is 0 Å². The van der Waals surface area contributed by atoms with Crippen LogP contribution in [0.5, 0.6) is 0 Å². The normalized spacial score (nSPS) is 19.5. The van der Waals surface area contributed by atoms with Crippen LogP contribution in [-0.4, -0.2) is 63.4 Å². The number of piperazine rings is 1. The summed E-state index contributed by atoms with van der Waals surface area (Å²) in [7, 11) is 2.02. The van der Waals surface area contributed by atoms with Gasteiger partial charge >= 0.3 is 5.69 Å². The molecule has 22 heavy (non-hydrogen) atoms. The van der Waals surface area contributed by atoms with Crippen LogP contribution in [0.25, 0.3) is 11.0 Å². The largest absolute Gasteiger partial charge is 0.333 e. The highest BCUT2D eigenvalue weighted by Gasteiger charge is 2.27. The third-order valence-corrected chi connectivity index (χ3v) is 3.93. The van der Waals surface area contributed by atoms with Crippen molar-refractivity contribution >= 4 is 16.9 Å². The van der Waals surface area contributed by atoms with Crippen LogP contribution in [-0.2, 0) is 0 Å². The fourth-order valence-electron chi connectivity index (χ4n) is 2.77. The fourth-order valence-corrected chi connectivity index (χ4v) is 2.77. The van der Waals surface area contributed by atoms with Gasteiger partial charge in [-0.1, -0.05) is 0 Å². The number of hydrogen-bond donors (Lipinski definition) is 2. The van der Waals surface area contributed by atoms with Crippen LogP contribution >= 0.6 is 0 Å². The third kappa shape index (κ3) is 2.52. The smallest absolute Gasteiger partial charge is 0.327 e. The van der Waals surface area contributed by atoms with Gasteiger partial charge in [0.2, 0.25) is 0 Å². The molecule has 0 unspecified atom stereocenters. The minimum absolute atomic E-state index is 0.0933. The van der Waals surface area contributed by atoms with Gasteiger partial charge in [0, 0.05) is 31.9 Å². The Morgan fingerprint density at radius 2 is 2.09 bits per heavy atom. The summed E-state index contributed by atoms with van der Waals surface area (Å²) in [5.74, 6) is -0.152. The van der Waals surface area contributed by atoms with Crippen molar-refractivity contribution in [3.8, 4) is 0 Å². The lowest BCUT2D eigenvalue weighted by Gasteiger charge is -2.38. The summed E-state index contributed by atoms with van der Waals surface area (Å²) in [4.78, 5) is 48.2. The molecule has 8 nitrogen and oxygen atoms in total. The number of nitrogens with zero attached hydrogens (tertiary/aromatic N) is 3. The van der Waals surface area contributed by atoms with E-state index in [0.717, 1.165) is 13.1 Å². The van der Waals surface area contributed by atoms with Crippen molar-refractivity contribution in [3.05, 3.63) is 38.7 Å². The Balaban J connectivity index is 1.98. The maximum atomic E-state index is 12.6. The molecular formula is C14H17N5O3. The molecule has 0 bridgehead atoms. The predicted octanol–water partition coefficient (Wildman–Crippen LogP) is -0.612. The average molecular weight is 303 g/mol. The van der Waals surface area contributed by atoms with Gasteiger partial charge in [0.15, 0.2) is 0 Å². The van der Waals surface area contributed by atoms with Gasteiger partial charge in [0.1, 0.15) is 5.65 Å². The quantitative estimate of drug-likeness (QED) is 0.731. The van der Waals surface area contributed by atoms with Gasteiger partial charge in [0.05, 0.1) is 10.9 Å². The molecule has 8 heteroatoms. The summed E-state index contributed by atoms with van der Waals surface area (Å²) >= 11 is 0.